The lowest BCUT2D eigenvalue weighted by atomic mass is 10.1. The van der Waals surface area contributed by atoms with Crippen molar-refractivity contribution in [3.8, 4) is 5.75 Å². The van der Waals surface area contributed by atoms with E-state index in [-0.39, 0.29) is 18.3 Å². The Balaban J connectivity index is 1.81. The zero-order valence-electron chi connectivity index (χ0n) is 14.5. The van der Waals surface area contributed by atoms with Crippen LogP contribution in [0.5, 0.6) is 5.75 Å². The van der Waals surface area contributed by atoms with Crippen molar-refractivity contribution in [2.75, 3.05) is 18.3 Å². The second-order valence-corrected chi connectivity index (χ2v) is 6.13. The Bertz CT molecular complexity index is 992. The van der Waals surface area contributed by atoms with Crippen molar-refractivity contribution in [1.82, 2.24) is 14.5 Å². The minimum absolute atomic E-state index is 0.0176. The fourth-order valence-corrected chi connectivity index (χ4v) is 2.72. The molecule has 0 radical (unpaired) electrons. The maximum absolute atomic E-state index is 12.5. The molecule has 0 aliphatic carbocycles. The highest BCUT2D eigenvalue weighted by Gasteiger charge is 2.13. The molecule has 0 saturated heterocycles. The second kappa shape index (κ2) is 7.40. The van der Waals surface area contributed by atoms with Crippen LogP contribution in [0.2, 0.25) is 0 Å². The van der Waals surface area contributed by atoms with Crippen molar-refractivity contribution in [2.24, 2.45) is 0 Å². The molecule has 1 heterocycles. The van der Waals surface area contributed by atoms with E-state index in [1.165, 1.54) is 9.36 Å². The molecular weight excluding hydrogens is 350 g/mol. The number of nitrogens with two attached hydrogens (primary N) is 1. The average molecular weight is 369 g/mol. The van der Waals surface area contributed by atoms with Crippen LogP contribution in [0.3, 0.4) is 0 Å². The van der Waals surface area contributed by atoms with E-state index in [0.29, 0.717) is 10.3 Å². The van der Waals surface area contributed by atoms with Gasteiger partial charge in [-0.25, -0.2) is 4.68 Å². The molecule has 0 spiro atoms. The zero-order chi connectivity index (χ0) is 18.7. The van der Waals surface area contributed by atoms with Gasteiger partial charge >= 0.3 is 0 Å². The first-order valence-electron chi connectivity index (χ1n) is 7.94. The maximum atomic E-state index is 12.5. The van der Waals surface area contributed by atoms with Gasteiger partial charge in [0, 0.05) is 5.56 Å². The first-order chi connectivity index (χ1) is 12.5. The van der Waals surface area contributed by atoms with Gasteiger partial charge in [0.1, 0.15) is 12.3 Å². The number of nitrogens with zero attached hydrogens (tertiary/aromatic N) is 3. The Kier molecular flexibility index (Phi) is 5.04. The molecule has 0 aliphatic rings. The fourth-order valence-electron chi connectivity index (χ4n) is 2.47. The number of aromatic nitrogens is 3. The highest BCUT2D eigenvalue weighted by atomic mass is 32.1. The molecule has 0 unspecified atom stereocenters. The van der Waals surface area contributed by atoms with Gasteiger partial charge in [-0.3, -0.25) is 10.2 Å². The van der Waals surface area contributed by atoms with Crippen molar-refractivity contribution < 1.29 is 9.53 Å². The molecule has 7 nitrogen and oxygen atoms in total. The maximum Gasteiger partial charge on any atom is 0.240 e. The number of carbonyl (C=O) groups is 1. The number of Topliss-reactive ketones (excluding diaryl/α,β-unsaturated/α-hetero) is 1. The van der Waals surface area contributed by atoms with Gasteiger partial charge in [0.05, 0.1) is 12.8 Å². The molecule has 0 amide bonds. The van der Waals surface area contributed by atoms with E-state index in [1.54, 1.807) is 13.2 Å². The van der Waals surface area contributed by atoms with Crippen LogP contribution in [0, 0.1) is 11.7 Å². The molecule has 3 N–H and O–H groups in total. The number of hydrogen-bond donors (Lipinski definition) is 2. The van der Waals surface area contributed by atoms with Gasteiger partial charge < -0.3 is 10.5 Å². The van der Waals surface area contributed by atoms with Gasteiger partial charge in [0.15, 0.2) is 5.78 Å². The molecule has 3 rings (SSSR count). The smallest absolute Gasteiger partial charge is 0.240 e. The average Bonchev–Trinajstić information content (AvgIpc) is 2.89. The summed E-state index contributed by atoms with van der Waals surface area (Å²) in [4.78, 5) is 12.5. The largest absolute Gasteiger partial charge is 0.497 e. The Morgan fingerprint density at radius 1 is 1.27 bits per heavy atom. The minimum atomic E-state index is -0.0844. The normalized spacial score (nSPS) is 10.5. The summed E-state index contributed by atoms with van der Waals surface area (Å²) in [7, 11) is 1.60. The van der Waals surface area contributed by atoms with Crippen molar-refractivity contribution in [1.29, 1.82) is 0 Å². The summed E-state index contributed by atoms with van der Waals surface area (Å²) in [5.41, 5.74) is 11.4. The number of hydrogen-bond acceptors (Lipinski definition) is 6. The zero-order valence-corrected chi connectivity index (χ0v) is 15.3. The topological polar surface area (TPSA) is 87.1 Å². The third kappa shape index (κ3) is 3.75. The third-order valence-electron chi connectivity index (χ3n) is 3.83. The standard InChI is InChI=1S/C18H19N5O2S/c1-12-4-3-5-13(10-12)16(24)11-22-18(26)23(17(19)21-22)20-14-6-8-15(25-2)9-7-14/h3-10,20H,11H2,1-2H3,(H2,19,21). The van der Waals surface area contributed by atoms with E-state index in [0.717, 1.165) is 17.0 Å². The number of carbonyl (C=O) groups excluding carboxylic acids is 1. The lowest BCUT2D eigenvalue weighted by molar-refractivity contribution is 0.0967. The van der Waals surface area contributed by atoms with Gasteiger partial charge in [0.25, 0.3) is 0 Å². The van der Waals surface area contributed by atoms with Crippen LogP contribution in [-0.2, 0) is 6.54 Å². The Morgan fingerprint density at radius 3 is 2.65 bits per heavy atom. The molecule has 0 saturated carbocycles. The van der Waals surface area contributed by atoms with Crippen LogP contribution in [0.1, 0.15) is 15.9 Å². The summed E-state index contributed by atoms with van der Waals surface area (Å²) < 4.78 is 8.30. The second-order valence-electron chi connectivity index (χ2n) is 5.77. The Labute approximate surface area is 156 Å². The first kappa shape index (κ1) is 17.7. The number of ketones is 1. The molecule has 134 valence electrons. The molecular formula is C18H19N5O2S. The van der Waals surface area contributed by atoms with Crippen molar-refractivity contribution in [3.63, 3.8) is 0 Å². The lowest BCUT2D eigenvalue weighted by Crippen LogP contribution is -2.14. The molecule has 8 heteroatoms. The minimum Gasteiger partial charge on any atom is -0.497 e. The summed E-state index contributed by atoms with van der Waals surface area (Å²) >= 11 is 5.40. The Hall–Kier alpha value is -3.13. The number of nitrogen functional groups attached to an aromatic ring is 1. The highest BCUT2D eigenvalue weighted by Crippen LogP contribution is 2.16. The molecule has 3 aromatic rings. The van der Waals surface area contributed by atoms with E-state index in [1.807, 2.05) is 49.4 Å². The predicted octanol–water partition coefficient (Wildman–Crippen LogP) is 3.07. The molecule has 0 bridgehead atoms. The van der Waals surface area contributed by atoms with Crippen molar-refractivity contribution in [3.05, 3.63) is 64.4 Å². The van der Waals surface area contributed by atoms with E-state index in [4.69, 9.17) is 22.7 Å². The van der Waals surface area contributed by atoms with Crippen LogP contribution < -0.4 is 15.9 Å². The van der Waals surface area contributed by atoms with Gasteiger partial charge in [-0.15, -0.1) is 5.10 Å². The number of rotatable bonds is 6. The number of anilines is 2. The summed E-state index contributed by atoms with van der Waals surface area (Å²) in [6.45, 7) is 1.96. The predicted molar refractivity (Wildman–Crippen MR) is 103 cm³/mol. The monoisotopic (exact) mass is 369 g/mol. The highest BCUT2D eigenvalue weighted by molar-refractivity contribution is 7.71. The van der Waals surface area contributed by atoms with Crippen LogP contribution in [0.4, 0.5) is 11.6 Å². The first-order valence-corrected chi connectivity index (χ1v) is 8.35. The van der Waals surface area contributed by atoms with E-state index >= 15 is 0 Å². The van der Waals surface area contributed by atoms with Gasteiger partial charge in [-0.2, -0.15) is 4.68 Å². The fraction of sp³-hybridized carbons (Fsp3) is 0.167. The van der Waals surface area contributed by atoms with E-state index in [9.17, 15) is 4.79 Å². The van der Waals surface area contributed by atoms with Gasteiger partial charge in [0.2, 0.25) is 10.7 Å². The molecule has 0 aliphatic heterocycles. The van der Waals surface area contributed by atoms with Crippen molar-refractivity contribution >= 4 is 29.6 Å². The van der Waals surface area contributed by atoms with Crippen LogP contribution >= 0.6 is 12.2 Å². The Morgan fingerprint density at radius 2 is 2.00 bits per heavy atom. The van der Waals surface area contributed by atoms with Crippen molar-refractivity contribution in [2.45, 2.75) is 13.5 Å². The molecule has 0 atom stereocenters. The molecule has 26 heavy (non-hydrogen) atoms. The molecule has 1 aromatic heterocycles. The number of aryl methyl sites for hydroxylation is 1. The van der Waals surface area contributed by atoms with Gasteiger partial charge in [-0.05, 0) is 49.5 Å². The molecule has 0 fully saturated rings. The number of methoxy groups -OCH3 is 1. The van der Waals surface area contributed by atoms with Crippen LogP contribution in [-0.4, -0.2) is 27.3 Å². The van der Waals surface area contributed by atoms with Gasteiger partial charge in [-0.1, -0.05) is 23.8 Å². The molecule has 2 aromatic carbocycles. The lowest BCUT2D eigenvalue weighted by Gasteiger charge is -2.08. The summed E-state index contributed by atoms with van der Waals surface area (Å²) in [5.74, 6) is 0.827. The quantitative estimate of drug-likeness (QED) is 0.513. The number of ether oxygens (including phenoxy) is 1. The van der Waals surface area contributed by atoms with E-state index in [2.05, 4.69) is 10.5 Å². The van der Waals surface area contributed by atoms with E-state index < -0.39 is 0 Å². The summed E-state index contributed by atoms with van der Waals surface area (Å²) in [5, 5.41) is 4.17. The number of nitrogens with one attached hydrogen (secondary N) is 1. The summed E-state index contributed by atoms with van der Waals surface area (Å²) in [6.07, 6.45) is 0. The SMILES string of the molecule is COc1ccc(Nn2c(N)nn(CC(=O)c3cccc(C)c3)c2=S)cc1. The number of benzene rings is 2. The third-order valence-corrected chi connectivity index (χ3v) is 4.22. The van der Waals surface area contributed by atoms with Crippen LogP contribution in [0.15, 0.2) is 48.5 Å². The summed E-state index contributed by atoms with van der Waals surface area (Å²) in [6, 6.07) is 14.7. The van der Waals surface area contributed by atoms with Crippen LogP contribution in [0.25, 0.3) is 0 Å².